The predicted octanol–water partition coefficient (Wildman–Crippen LogP) is 3.60. The number of imidazole rings is 2. The molecule has 2 aromatic heterocycles. The highest BCUT2D eigenvalue weighted by Crippen LogP contribution is 2.22. The van der Waals surface area contributed by atoms with E-state index in [1.165, 1.54) is 0 Å². The monoisotopic (exact) mass is 405 g/mol. The minimum atomic E-state index is -0.224. The molecule has 2 heterocycles. The number of aromatic nitrogens is 4. The lowest BCUT2D eigenvalue weighted by Crippen LogP contribution is -2.34. The molecule has 0 fully saturated rings. The third-order valence-electron chi connectivity index (χ3n) is 5.49. The summed E-state index contributed by atoms with van der Waals surface area (Å²) < 4.78 is 3.42. The third-order valence-corrected chi connectivity index (χ3v) is 5.49. The second kappa shape index (κ2) is 8.18. The molecule has 0 unspecified atom stereocenters. The number of nitrogens with zero attached hydrogens (tertiary/aromatic N) is 3. The van der Waals surface area contributed by atoms with Crippen molar-refractivity contribution in [1.29, 1.82) is 0 Å². The Morgan fingerprint density at radius 1 is 1.07 bits per heavy atom. The van der Waals surface area contributed by atoms with Gasteiger partial charge in [0.2, 0.25) is 5.91 Å². The van der Waals surface area contributed by atoms with Gasteiger partial charge in [0.05, 0.1) is 28.1 Å². The molecule has 0 radical (unpaired) electrons. The maximum atomic E-state index is 12.8. The number of rotatable bonds is 7. The topological polar surface area (TPSA) is 84.7 Å². The smallest absolute Gasteiger partial charge is 0.329 e. The summed E-state index contributed by atoms with van der Waals surface area (Å²) in [6.45, 7) is 6.99. The van der Waals surface area contributed by atoms with E-state index < -0.39 is 0 Å². The van der Waals surface area contributed by atoms with Gasteiger partial charge in [0.25, 0.3) is 0 Å². The molecule has 1 amide bonds. The number of fused-ring (bicyclic) bond motifs is 2. The van der Waals surface area contributed by atoms with Gasteiger partial charge in [-0.1, -0.05) is 38.1 Å². The molecule has 0 aliphatic rings. The highest BCUT2D eigenvalue weighted by Gasteiger charge is 2.22. The fourth-order valence-electron chi connectivity index (χ4n) is 3.92. The van der Waals surface area contributed by atoms with E-state index in [1.54, 1.807) is 9.13 Å². The lowest BCUT2D eigenvalue weighted by atomic mass is 10.0. The number of para-hydroxylation sites is 4. The summed E-state index contributed by atoms with van der Waals surface area (Å²) in [5.41, 5.74) is 3.50. The van der Waals surface area contributed by atoms with Crippen LogP contribution in [0.4, 0.5) is 0 Å². The van der Waals surface area contributed by atoms with Crippen molar-refractivity contribution in [2.24, 2.45) is 5.92 Å². The quantitative estimate of drug-likeness (QED) is 0.493. The SMILES string of the molecule is CCn1c(=O)n(CCC(=O)N[C@H](c2nc3ccccc3[nH]2)C(C)C)c2ccccc21. The van der Waals surface area contributed by atoms with Crippen LogP contribution in [0.5, 0.6) is 0 Å². The molecule has 0 bridgehead atoms. The van der Waals surface area contributed by atoms with E-state index in [1.807, 2.05) is 55.5 Å². The van der Waals surface area contributed by atoms with Gasteiger partial charge < -0.3 is 10.3 Å². The summed E-state index contributed by atoms with van der Waals surface area (Å²) in [7, 11) is 0. The fraction of sp³-hybridized carbons (Fsp3) is 0.348. The lowest BCUT2D eigenvalue weighted by molar-refractivity contribution is -0.122. The fourth-order valence-corrected chi connectivity index (χ4v) is 3.92. The average Bonchev–Trinajstić information content (AvgIpc) is 3.28. The molecular weight excluding hydrogens is 378 g/mol. The van der Waals surface area contributed by atoms with Crippen molar-refractivity contribution in [1.82, 2.24) is 24.4 Å². The van der Waals surface area contributed by atoms with Crippen molar-refractivity contribution < 1.29 is 4.79 Å². The minimum Gasteiger partial charge on any atom is -0.346 e. The van der Waals surface area contributed by atoms with E-state index >= 15 is 0 Å². The largest absolute Gasteiger partial charge is 0.346 e. The van der Waals surface area contributed by atoms with Crippen molar-refractivity contribution in [3.8, 4) is 0 Å². The van der Waals surface area contributed by atoms with Crippen LogP contribution < -0.4 is 11.0 Å². The Balaban J connectivity index is 1.52. The first-order chi connectivity index (χ1) is 14.5. The molecule has 0 spiro atoms. The van der Waals surface area contributed by atoms with Crippen LogP contribution in [-0.4, -0.2) is 25.0 Å². The van der Waals surface area contributed by atoms with Gasteiger partial charge >= 0.3 is 5.69 Å². The van der Waals surface area contributed by atoms with Gasteiger partial charge in [-0.2, -0.15) is 0 Å². The van der Waals surface area contributed by atoms with Crippen molar-refractivity contribution in [3.63, 3.8) is 0 Å². The number of carbonyl (C=O) groups excluding carboxylic acids is 1. The van der Waals surface area contributed by atoms with Gasteiger partial charge in [-0.05, 0) is 37.1 Å². The standard InChI is InChI=1S/C23H27N5O2/c1-4-27-18-11-7-8-12-19(18)28(23(27)30)14-13-20(29)26-21(15(2)3)22-24-16-9-5-6-10-17(16)25-22/h5-12,15,21H,4,13-14H2,1-3H3,(H,24,25)(H,26,29)/t21-/m0/s1. The summed E-state index contributed by atoms with van der Waals surface area (Å²) >= 11 is 0. The lowest BCUT2D eigenvalue weighted by Gasteiger charge is -2.20. The molecule has 156 valence electrons. The zero-order chi connectivity index (χ0) is 21.3. The summed E-state index contributed by atoms with van der Waals surface area (Å²) in [6.07, 6.45) is 0.223. The second-order valence-electron chi connectivity index (χ2n) is 7.85. The zero-order valence-corrected chi connectivity index (χ0v) is 17.6. The highest BCUT2D eigenvalue weighted by molar-refractivity contribution is 5.79. The Hall–Kier alpha value is -3.35. The van der Waals surface area contributed by atoms with Crippen LogP contribution in [0.3, 0.4) is 0 Å². The minimum absolute atomic E-state index is 0.0795. The molecule has 7 heteroatoms. The first-order valence-electron chi connectivity index (χ1n) is 10.4. The van der Waals surface area contributed by atoms with Crippen LogP contribution in [0.2, 0.25) is 0 Å². The summed E-state index contributed by atoms with van der Waals surface area (Å²) in [5, 5.41) is 3.10. The van der Waals surface area contributed by atoms with E-state index in [4.69, 9.17) is 0 Å². The second-order valence-corrected chi connectivity index (χ2v) is 7.85. The molecule has 0 saturated heterocycles. The van der Waals surface area contributed by atoms with Crippen LogP contribution in [0.25, 0.3) is 22.1 Å². The third kappa shape index (κ3) is 3.63. The maximum Gasteiger partial charge on any atom is 0.329 e. The molecule has 30 heavy (non-hydrogen) atoms. The van der Waals surface area contributed by atoms with Crippen LogP contribution >= 0.6 is 0 Å². The number of hydrogen-bond donors (Lipinski definition) is 2. The maximum absolute atomic E-state index is 12.8. The van der Waals surface area contributed by atoms with Crippen LogP contribution in [-0.2, 0) is 17.9 Å². The van der Waals surface area contributed by atoms with E-state index in [9.17, 15) is 9.59 Å². The van der Waals surface area contributed by atoms with Gasteiger partial charge in [0.1, 0.15) is 5.82 Å². The first kappa shape index (κ1) is 19.9. The summed E-state index contributed by atoms with van der Waals surface area (Å²) in [6, 6.07) is 15.3. The number of hydrogen-bond acceptors (Lipinski definition) is 3. The number of carbonyl (C=O) groups is 1. The van der Waals surface area contributed by atoms with Crippen LogP contribution in [0, 0.1) is 5.92 Å². The van der Waals surface area contributed by atoms with E-state index in [0.29, 0.717) is 13.1 Å². The molecule has 2 aromatic carbocycles. The van der Waals surface area contributed by atoms with Crippen molar-refractivity contribution in [3.05, 3.63) is 64.8 Å². The highest BCUT2D eigenvalue weighted by atomic mass is 16.2. The molecule has 7 nitrogen and oxygen atoms in total. The first-order valence-corrected chi connectivity index (χ1v) is 10.4. The number of nitrogens with one attached hydrogen (secondary N) is 2. The molecule has 4 rings (SSSR count). The Kier molecular flexibility index (Phi) is 5.44. The number of amides is 1. The van der Waals surface area contributed by atoms with Gasteiger partial charge in [0.15, 0.2) is 0 Å². The Morgan fingerprint density at radius 2 is 1.73 bits per heavy atom. The average molecular weight is 406 g/mol. The number of aryl methyl sites for hydroxylation is 2. The van der Waals surface area contributed by atoms with Crippen molar-refractivity contribution >= 4 is 28.0 Å². The summed E-state index contributed by atoms with van der Waals surface area (Å²) in [5.74, 6) is 0.813. The van der Waals surface area contributed by atoms with Gasteiger partial charge in [-0.15, -0.1) is 0 Å². The van der Waals surface area contributed by atoms with Crippen LogP contribution in [0.15, 0.2) is 53.3 Å². The van der Waals surface area contributed by atoms with Crippen molar-refractivity contribution in [2.75, 3.05) is 0 Å². The summed E-state index contributed by atoms with van der Waals surface area (Å²) in [4.78, 5) is 33.5. The normalized spacial score (nSPS) is 12.7. The molecule has 0 aliphatic carbocycles. The van der Waals surface area contributed by atoms with Crippen LogP contribution in [0.1, 0.15) is 39.1 Å². The molecule has 4 aromatic rings. The van der Waals surface area contributed by atoms with Gasteiger partial charge in [-0.25, -0.2) is 9.78 Å². The van der Waals surface area contributed by atoms with E-state index in [0.717, 1.165) is 27.9 Å². The Labute approximate surface area is 174 Å². The Bertz CT molecular complexity index is 1210. The van der Waals surface area contributed by atoms with E-state index in [2.05, 4.69) is 29.1 Å². The number of H-pyrrole nitrogens is 1. The van der Waals surface area contributed by atoms with Gasteiger partial charge in [-0.3, -0.25) is 13.9 Å². The molecular formula is C23H27N5O2. The van der Waals surface area contributed by atoms with Gasteiger partial charge in [0, 0.05) is 19.5 Å². The number of benzene rings is 2. The molecule has 0 aliphatic heterocycles. The van der Waals surface area contributed by atoms with Crippen molar-refractivity contribution in [2.45, 2.75) is 46.3 Å². The molecule has 0 saturated carbocycles. The predicted molar refractivity (Wildman–Crippen MR) is 118 cm³/mol. The van der Waals surface area contributed by atoms with E-state index in [-0.39, 0.29) is 30.0 Å². The molecule has 1 atom stereocenters. The molecule has 2 N–H and O–H groups in total. The Morgan fingerprint density at radius 3 is 2.40 bits per heavy atom. The number of aromatic amines is 1. The zero-order valence-electron chi connectivity index (χ0n) is 17.6.